The molecule has 0 aromatic heterocycles. The Morgan fingerprint density at radius 1 is 0.727 bits per heavy atom. The summed E-state index contributed by atoms with van der Waals surface area (Å²) in [5.41, 5.74) is 3.35. The lowest BCUT2D eigenvalue weighted by Crippen LogP contribution is -2.28. The monoisotopic (exact) mass is 480 g/mol. The summed E-state index contributed by atoms with van der Waals surface area (Å²) in [4.78, 5) is 22.6. The maximum Gasteiger partial charge on any atom is 0.306 e. The van der Waals surface area contributed by atoms with Crippen LogP contribution in [-0.4, -0.2) is 26.7 Å². The second-order valence-electron chi connectivity index (χ2n) is 7.90. The molecule has 2 atom stereocenters. The zero-order valence-electron chi connectivity index (χ0n) is 18.2. The third-order valence-corrected chi connectivity index (χ3v) is 7.81. The Hall–Kier alpha value is -2.70. The first kappa shape index (κ1) is 24.9. The topological polar surface area (TPSA) is 74.6 Å². The van der Waals surface area contributed by atoms with Gasteiger partial charge in [0.15, 0.2) is 0 Å². The van der Waals surface area contributed by atoms with Gasteiger partial charge in [0.05, 0.1) is 10.7 Å². The Kier molecular flexibility index (Phi) is 9.03. The lowest BCUT2D eigenvalue weighted by atomic mass is 9.84. The van der Waals surface area contributed by atoms with Gasteiger partial charge in [0.25, 0.3) is 0 Å². The van der Waals surface area contributed by atoms with E-state index in [9.17, 15) is 14.7 Å². The Morgan fingerprint density at radius 3 is 1.52 bits per heavy atom. The summed E-state index contributed by atoms with van der Waals surface area (Å²) in [6.07, 6.45) is 0.886. The van der Waals surface area contributed by atoms with Crippen molar-refractivity contribution in [2.45, 2.75) is 35.0 Å². The molecule has 0 aliphatic heterocycles. The van der Waals surface area contributed by atoms with Crippen molar-refractivity contribution in [1.29, 1.82) is 0 Å². The van der Waals surface area contributed by atoms with E-state index >= 15 is 0 Å². The van der Waals surface area contributed by atoms with Crippen LogP contribution in [0.1, 0.15) is 42.4 Å². The van der Waals surface area contributed by atoms with Crippen molar-refractivity contribution in [1.82, 2.24) is 0 Å². The van der Waals surface area contributed by atoms with Gasteiger partial charge in [-0.3, -0.25) is 9.59 Å². The number of aliphatic carboxylic acids is 2. The van der Waals surface area contributed by atoms with Crippen molar-refractivity contribution >= 4 is 36.3 Å². The quantitative estimate of drug-likeness (QED) is 0.161. The SMILES string of the molecule is O=C(O)CCC(CCC(S)SC(c1ccccc1)(c1ccccc1)c1ccccc1)C(=O)O. The number of thiol groups is 1. The largest absolute Gasteiger partial charge is 0.481 e. The van der Waals surface area contributed by atoms with E-state index in [1.165, 1.54) is 0 Å². The third kappa shape index (κ3) is 6.42. The van der Waals surface area contributed by atoms with Gasteiger partial charge < -0.3 is 10.2 Å². The van der Waals surface area contributed by atoms with Crippen LogP contribution in [0.25, 0.3) is 0 Å². The molecular formula is C27H28O4S2. The highest BCUT2D eigenvalue weighted by Gasteiger charge is 2.38. The molecule has 0 aliphatic rings. The van der Waals surface area contributed by atoms with Crippen molar-refractivity contribution in [3.05, 3.63) is 108 Å². The molecule has 3 aromatic carbocycles. The second-order valence-corrected chi connectivity index (χ2v) is 10.3. The molecule has 0 fully saturated rings. The predicted molar refractivity (Wildman–Crippen MR) is 137 cm³/mol. The Morgan fingerprint density at radius 2 is 1.15 bits per heavy atom. The zero-order valence-corrected chi connectivity index (χ0v) is 19.9. The van der Waals surface area contributed by atoms with Crippen LogP contribution in [0.3, 0.4) is 0 Å². The van der Waals surface area contributed by atoms with E-state index in [4.69, 9.17) is 17.7 Å². The molecule has 172 valence electrons. The van der Waals surface area contributed by atoms with Gasteiger partial charge in [-0.2, -0.15) is 12.6 Å². The fraction of sp³-hybridized carbons (Fsp3) is 0.259. The standard InChI is InChI=1S/C27H28O4S2/c28-24(29)18-16-20(26(30)31)17-19-25(32)33-27(21-10-4-1-5-11-21,22-12-6-2-7-13-22)23-14-8-3-9-15-23/h1-15,20,25,32H,16-19H2,(H,28,29)(H,30,31). The molecule has 0 radical (unpaired) electrons. The molecule has 4 nitrogen and oxygen atoms in total. The number of hydrogen-bond donors (Lipinski definition) is 3. The maximum atomic E-state index is 11.6. The van der Waals surface area contributed by atoms with Gasteiger partial charge in [0.2, 0.25) is 0 Å². The van der Waals surface area contributed by atoms with Gasteiger partial charge >= 0.3 is 11.9 Å². The van der Waals surface area contributed by atoms with Crippen LogP contribution in [0.2, 0.25) is 0 Å². The van der Waals surface area contributed by atoms with E-state index in [-0.39, 0.29) is 17.4 Å². The average molecular weight is 481 g/mol. The molecule has 0 saturated carbocycles. The van der Waals surface area contributed by atoms with Crippen LogP contribution >= 0.6 is 24.4 Å². The number of hydrogen-bond acceptors (Lipinski definition) is 4. The van der Waals surface area contributed by atoms with Crippen LogP contribution in [0.15, 0.2) is 91.0 Å². The summed E-state index contributed by atoms with van der Waals surface area (Å²) >= 11 is 6.56. The Balaban J connectivity index is 1.95. The van der Waals surface area contributed by atoms with Gasteiger partial charge in [-0.05, 0) is 36.0 Å². The minimum absolute atomic E-state index is 0.122. The number of carboxylic acids is 2. The summed E-state index contributed by atoms with van der Waals surface area (Å²) < 4.78 is -0.701. The summed E-state index contributed by atoms with van der Waals surface area (Å²) in [5, 5.41) is 18.5. The van der Waals surface area contributed by atoms with Crippen LogP contribution in [0.4, 0.5) is 0 Å². The number of carboxylic acid groups (broad SMARTS) is 2. The molecule has 2 N–H and O–H groups in total. The first-order valence-corrected chi connectivity index (χ1v) is 12.3. The third-order valence-electron chi connectivity index (χ3n) is 5.67. The highest BCUT2D eigenvalue weighted by Crippen LogP contribution is 2.51. The summed E-state index contributed by atoms with van der Waals surface area (Å²) in [7, 11) is 0. The molecule has 0 bridgehead atoms. The number of carbonyl (C=O) groups is 2. The Labute approximate surface area is 204 Å². The molecule has 3 aromatic rings. The van der Waals surface area contributed by atoms with Crippen molar-refractivity contribution in [3.8, 4) is 0 Å². The van der Waals surface area contributed by atoms with Gasteiger partial charge in [-0.25, -0.2) is 0 Å². The normalized spacial score (nSPS) is 13.2. The molecule has 3 rings (SSSR count). The fourth-order valence-corrected chi connectivity index (χ4v) is 6.12. The molecule has 2 unspecified atom stereocenters. The second kappa shape index (κ2) is 12.0. The number of thioether (sulfide) groups is 1. The number of rotatable bonds is 12. The predicted octanol–water partition coefficient (Wildman–Crippen LogP) is 6.31. The highest BCUT2D eigenvalue weighted by molar-refractivity contribution is 8.11. The first-order chi connectivity index (χ1) is 15.9. The van der Waals surface area contributed by atoms with Crippen LogP contribution < -0.4 is 0 Å². The van der Waals surface area contributed by atoms with Gasteiger partial charge in [-0.15, -0.1) is 11.8 Å². The van der Waals surface area contributed by atoms with E-state index in [0.717, 1.165) is 16.7 Å². The van der Waals surface area contributed by atoms with E-state index < -0.39 is 22.6 Å². The minimum Gasteiger partial charge on any atom is -0.481 e. The van der Waals surface area contributed by atoms with Gasteiger partial charge in [0.1, 0.15) is 0 Å². The molecule has 0 heterocycles. The van der Waals surface area contributed by atoms with Crippen molar-refractivity contribution in [2.75, 3.05) is 0 Å². The lowest BCUT2D eigenvalue weighted by molar-refractivity contribution is -0.143. The molecule has 6 heteroatoms. The fourth-order valence-electron chi connectivity index (χ4n) is 4.02. The van der Waals surface area contributed by atoms with E-state index in [1.807, 2.05) is 54.6 Å². The van der Waals surface area contributed by atoms with Crippen LogP contribution in [-0.2, 0) is 14.3 Å². The Bertz CT molecular complexity index is 929. The molecule has 0 aliphatic carbocycles. The lowest BCUT2D eigenvalue weighted by Gasteiger charge is -2.37. The van der Waals surface area contributed by atoms with Crippen molar-refractivity contribution in [3.63, 3.8) is 0 Å². The van der Waals surface area contributed by atoms with Crippen LogP contribution in [0.5, 0.6) is 0 Å². The molecule has 33 heavy (non-hydrogen) atoms. The molecule has 0 spiro atoms. The molecule has 0 amide bonds. The number of benzene rings is 3. The van der Waals surface area contributed by atoms with E-state index in [1.54, 1.807) is 11.8 Å². The van der Waals surface area contributed by atoms with Crippen molar-refractivity contribution in [2.24, 2.45) is 5.92 Å². The van der Waals surface area contributed by atoms with Crippen LogP contribution in [0, 0.1) is 5.92 Å². The zero-order chi connectivity index (χ0) is 23.7. The highest BCUT2D eigenvalue weighted by atomic mass is 32.2. The average Bonchev–Trinajstić information content (AvgIpc) is 2.84. The first-order valence-electron chi connectivity index (χ1n) is 10.9. The van der Waals surface area contributed by atoms with Gasteiger partial charge in [0, 0.05) is 11.0 Å². The van der Waals surface area contributed by atoms with Crippen molar-refractivity contribution < 1.29 is 19.8 Å². The maximum absolute atomic E-state index is 11.6. The summed E-state index contributed by atoms with van der Waals surface area (Å²) in [5.74, 6) is -2.63. The minimum atomic E-state index is -0.978. The summed E-state index contributed by atoms with van der Waals surface area (Å²) in [6, 6.07) is 30.8. The van der Waals surface area contributed by atoms with E-state index in [0.29, 0.717) is 12.8 Å². The molecule has 0 saturated heterocycles. The molecular weight excluding hydrogens is 452 g/mol. The summed E-state index contributed by atoms with van der Waals surface area (Å²) in [6.45, 7) is 0. The smallest absolute Gasteiger partial charge is 0.306 e. The van der Waals surface area contributed by atoms with Gasteiger partial charge in [-0.1, -0.05) is 91.0 Å². The van der Waals surface area contributed by atoms with E-state index in [2.05, 4.69) is 36.4 Å².